The molecule has 0 aliphatic heterocycles. The Bertz CT molecular complexity index is 791. The molecule has 7 nitrogen and oxygen atoms in total. The second-order valence-corrected chi connectivity index (χ2v) is 5.30. The van der Waals surface area contributed by atoms with Crippen molar-refractivity contribution in [3.63, 3.8) is 0 Å². The molecular weight excluding hydrogens is 320 g/mol. The zero-order valence-corrected chi connectivity index (χ0v) is 13.9. The van der Waals surface area contributed by atoms with Crippen LogP contribution in [-0.2, 0) is 9.63 Å². The summed E-state index contributed by atoms with van der Waals surface area (Å²) < 4.78 is 5.66. The van der Waals surface area contributed by atoms with Gasteiger partial charge in [-0.15, -0.1) is 0 Å². The van der Waals surface area contributed by atoms with Crippen molar-refractivity contribution in [2.24, 2.45) is 5.16 Å². The van der Waals surface area contributed by atoms with E-state index in [2.05, 4.69) is 5.16 Å². The fourth-order valence-corrected chi connectivity index (χ4v) is 2.21. The molecule has 2 aromatic rings. The molecule has 0 saturated carbocycles. The number of benzene rings is 1. The van der Waals surface area contributed by atoms with Crippen LogP contribution in [-0.4, -0.2) is 36.2 Å². The van der Waals surface area contributed by atoms with Crippen molar-refractivity contribution in [2.75, 3.05) is 19.7 Å². The van der Waals surface area contributed by atoms with Gasteiger partial charge in [0.05, 0.1) is 25.0 Å². The first-order valence-electron chi connectivity index (χ1n) is 7.83. The molecule has 25 heavy (non-hydrogen) atoms. The normalized spacial score (nSPS) is 10.9. The van der Waals surface area contributed by atoms with Crippen LogP contribution in [0.15, 0.2) is 39.9 Å². The quantitative estimate of drug-likeness (QED) is 0.544. The first-order valence-corrected chi connectivity index (χ1v) is 7.83. The minimum atomic E-state index is -0.313. The number of carbonyl (C=O) groups is 1. The summed E-state index contributed by atoms with van der Waals surface area (Å²) in [4.78, 5) is 18.7. The van der Waals surface area contributed by atoms with Crippen molar-refractivity contribution in [3.05, 3.63) is 36.1 Å². The van der Waals surface area contributed by atoms with E-state index in [9.17, 15) is 4.79 Å². The lowest BCUT2D eigenvalue weighted by atomic mass is 10.2. The number of nitrogens with zero attached hydrogens (tertiary/aromatic N) is 4. The number of para-hydroxylation sites is 1. The third kappa shape index (κ3) is 5.08. The molecule has 1 amide bonds. The average molecular weight is 338 g/mol. The minimum absolute atomic E-state index is 0.207. The topological polar surface area (TPSA) is 103 Å². The van der Waals surface area contributed by atoms with Gasteiger partial charge in [-0.1, -0.05) is 23.4 Å². The third-order valence-electron chi connectivity index (χ3n) is 3.51. The van der Waals surface area contributed by atoms with Gasteiger partial charge in [0.2, 0.25) is 0 Å². The predicted octanol–water partition coefficient (Wildman–Crippen LogP) is 2.83. The summed E-state index contributed by atoms with van der Waals surface area (Å²) in [6.07, 6.45) is 0.414. The van der Waals surface area contributed by atoms with Gasteiger partial charge in [0.15, 0.2) is 12.4 Å². The summed E-state index contributed by atoms with van der Waals surface area (Å²) in [5.41, 5.74) is 1.27. The van der Waals surface area contributed by atoms with Gasteiger partial charge in [-0.2, -0.15) is 10.5 Å². The average Bonchev–Trinajstić information content (AvgIpc) is 3.06. The number of nitriles is 2. The van der Waals surface area contributed by atoms with E-state index in [4.69, 9.17) is 19.8 Å². The van der Waals surface area contributed by atoms with Crippen molar-refractivity contribution in [1.29, 1.82) is 10.5 Å². The number of hydrogen-bond acceptors (Lipinski definition) is 6. The molecule has 128 valence electrons. The fraction of sp³-hybridized carbons (Fsp3) is 0.333. The summed E-state index contributed by atoms with van der Waals surface area (Å²) in [6, 6.07) is 13.4. The zero-order valence-electron chi connectivity index (χ0n) is 13.9. The van der Waals surface area contributed by atoms with Crippen LogP contribution in [0, 0.1) is 22.7 Å². The lowest BCUT2D eigenvalue weighted by Gasteiger charge is -2.19. The molecule has 2 rings (SSSR count). The van der Waals surface area contributed by atoms with E-state index in [1.807, 2.05) is 42.5 Å². The van der Waals surface area contributed by atoms with Gasteiger partial charge in [0, 0.05) is 18.5 Å². The lowest BCUT2D eigenvalue weighted by molar-refractivity contribution is -0.136. The van der Waals surface area contributed by atoms with Crippen LogP contribution < -0.4 is 0 Å². The van der Waals surface area contributed by atoms with Crippen molar-refractivity contribution in [3.8, 4) is 12.1 Å². The van der Waals surface area contributed by atoms with Crippen LogP contribution in [0.1, 0.15) is 25.5 Å². The lowest BCUT2D eigenvalue weighted by Crippen LogP contribution is -2.35. The smallest absolute Gasteiger partial charge is 0.263 e. The highest BCUT2D eigenvalue weighted by Gasteiger charge is 2.14. The molecule has 1 aromatic heterocycles. The van der Waals surface area contributed by atoms with Crippen LogP contribution in [0.3, 0.4) is 0 Å². The second-order valence-electron chi connectivity index (χ2n) is 5.30. The number of carbonyl (C=O) groups excluding carboxylic acids is 1. The second kappa shape index (κ2) is 9.09. The zero-order chi connectivity index (χ0) is 18.1. The van der Waals surface area contributed by atoms with Crippen molar-refractivity contribution >= 4 is 22.6 Å². The van der Waals surface area contributed by atoms with Gasteiger partial charge in [-0.3, -0.25) is 4.79 Å². The van der Waals surface area contributed by atoms with Gasteiger partial charge in [0.1, 0.15) is 11.3 Å². The minimum Gasteiger partial charge on any atom is -0.455 e. The van der Waals surface area contributed by atoms with E-state index in [-0.39, 0.29) is 38.4 Å². The standard InChI is InChI=1S/C18H18N4O3/c1-14(17-12-15-6-2-3-7-16(15)25-17)21-24-13-18(23)22(10-4-8-19)11-5-9-20/h2-3,6-7,12H,4-5,10-11,13H2,1H3/b21-14+. The molecule has 1 heterocycles. The van der Waals surface area contributed by atoms with Crippen molar-refractivity contribution < 1.29 is 14.0 Å². The highest BCUT2D eigenvalue weighted by Crippen LogP contribution is 2.19. The Morgan fingerprint density at radius 3 is 2.56 bits per heavy atom. The molecule has 0 unspecified atom stereocenters. The molecule has 0 N–H and O–H groups in total. The first kappa shape index (κ1) is 18.0. The molecular formula is C18H18N4O3. The van der Waals surface area contributed by atoms with Gasteiger partial charge in [0.25, 0.3) is 5.91 Å². The predicted molar refractivity (Wildman–Crippen MR) is 91.4 cm³/mol. The highest BCUT2D eigenvalue weighted by molar-refractivity contribution is 5.99. The SMILES string of the molecule is C/C(=N\OCC(=O)N(CCC#N)CCC#N)c1cc2ccccc2o1. The van der Waals surface area contributed by atoms with E-state index in [1.54, 1.807) is 6.92 Å². The maximum atomic E-state index is 12.1. The summed E-state index contributed by atoms with van der Waals surface area (Å²) >= 11 is 0. The Labute approximate surface area is 145 Å². The van der Waals surface area contributed by atoms with Crippen molar-refractivity contribution in [1.82, 2.24) is 4.90 Å². The fourth-order valence-electron chi connectivity index (χ4n) is 2.21. The highest BCUT2D eigenvalue weighted by atomic mass is 16.6. The number of hydrogen-bond donors (Lipinski definition) is 0. The van der Waals surface area contributed by atoms with E-state index >= 15 is 0 Å². The molecule has 0 bridgehead atoms. The van der Waals surface area contributed by atoms with Crippen LogP contribution in [0.5, 0.6) is 0 Å². The van der Waals surface area contributed by atoms with Crippen LogP contribution in [0.2, 0.25) is 0 Å². The van der Waals surface area contributed by atoms with E-state index in [1.165, 1.54) is 4.90 Å². The van der Waals surface area contributed by atoms with Gasteiger partial charge in [-0.25, -0.2) is 0 Å². The summed E-state index contributed by atoms with van der Waals surface area (Å²) in [5.74, 6) is 0.256. The molecule has 7 heteroatoms. The Balaban J connectivity index is 1.94. The van der Waals surface area contributed by atoms with Gasteiger partial charge >= 0.3 is 0 Å². The summed E-state index contributed by atoms with van der Waals surface area (Å²) in [5, 5.41) is 22.2. The largest absolute Gasteiger partial charge is 0.455 e. The molecule has 0 radical (unpaired) electrons. The summed E-state index contributed by atoms with van der Waals surface area (Å²) in [6.45, 7) is 2.01. The van der Waals surface area contributed by atoms with Gasteiger partial charge < -0.3 is 14.2 Å². The van der Waals surface area contributed by atoms with E-state index in [0.717, 1.165) is 11.0 Å². The molecule has 0 saturated heterocycles. The molecule has 0 fully saturated rings. The van der Waals surface area contributed by atoms with E-state index < -0.39 is 0 Å². The number of oxime groups is 1. The number of amides is 1. The Kier molecular flexibility index (Phi) is 6.56. The molecule has 1 aromatic carbocycles. The number of furan rings is 1. The van der Waals surface area contributed by atoms with Gasteiger partial charge in [-0.05, 0) is 19.1 Å². The van der Waals surface area contributed by atoms with Crippen LogP contribution in [0.25, 0.3) is 11.0 Å². The maximum absolute atomic E-state index is 12.1. The number of fused-ring (bicyclic) bond motifs is 1. The summed E-state index contributed by atoms with van der Waals surface area (Å²) in [7, 11) is 0. The number of rotatable bonds is 8. The Morgan fingerprint density at radius 2 is 1.92 bits per heavy atom. The Hall–Kier alpha value is -3.32. The molecule has 0 aliphatic rings. The van der Waals surface area contributed by atoms with Crippen LogP contribution >= 0.6 is 0 Å². The third-order valence-corrected chi connectivity index (χ3v) is 3.51. The monoisotopic (exact) mass is 338 g/mol. The molecule has 0 spiro atoms. The van der Waals surface area contributed by atoms with Crippen LogP contribution in [0.4, 0.5) is 0 Å². The first-order chi connectivity index (χ1) is 12.2. The molecule has 0 atom stereocenters. The van der Waals surface area contributed by atoms with Crippen molar-refractivity contribution in [2.45, 2.75) is 19.8 Å². The maximum Gasteiger partial charge on any atom is 0.263 e. The van der Waals surface area contributed by atoms with E-state index in [0.29, 0.717) is 11.5 Å². The molecule has 0 aliphatic carbocycles. The Morgan fingerprint density at radius 1 is 1.24 bits per heavy atom.